The summed E-state index contributed by atoms with van der Waals surface area (Å²) >= 11 is 5.66. The molecule has 0 bridgehead atoms. The molecular weight excluding hydrogens is 329 g/mol. The summed E-state index contributed by atoms with van der Waals surface area (Å²) in [6, 6.07) is 9.80. The van der Waals surface area contributed by atoms with Crippen LogP contribution in [0.15, 0.2) is 47.4 Å². The molecule has 0 unspecified atom stereocenters. The Morgan fingerprint density at radius 3 is 2.36 bits per heavy atom. The Morgan fingerprint density at radius 1 is 1.18 bits per heavy atom. The zero-order valence-electron chi connectivity index (χ0n) is 11.6. The fourth-order valence-corrected chi connectivity index (χ4v) is 2.62. The van der Waals surface area contributed by atoms with Gasteiger partial charge in [0, 0.05) is 18.4 Å². The van der Waals surface area contributed by atoms with E-state index in [1.54, 1.807) is 0 Å². The van der Waals surface area contributed by atoms with Gasteiger partial charge in [-0.1, -0.05) is 17.7 Å². The first-order valence-corrected chi connectivity index (χ1v) is 8.56. The van der Waals surface area contributed by atoms with E-state index in [1.807, 2.05) is 0 Å². The molecule has 0 aliphatic heterocycles. The highest BCUT2D eigenvalue weighted by molar-refractivity contribution is 7.90. The molecule has 0 aromatic heterocycles. The number of halogens is 2. The van der Waals surface area contributed by atoms with Crippen LogP contribution in [0.25, 0.3) is 0 Å². The van der Waals surface area contributed by atoms with Crippen molar-refractivity contribution in [1.29, 1.82) is 0 Å². The van der Waals surface area contributed by atoms with E-state index < -0.39 is 15.7 Å². The maximum Gasteiger partial charge on any atom is 0.251 e. The molecule has 0 fully saturated rings. The Kier molecular flexibility index (Phi) is 4.83. The van der Waals surface area contributed by atoms with E-state index in [0.717, 1.165) is 6.26 Å². The molecule has 1 N–H and O–H groups in total. The Morgan fingerprint density at radius 2 is 1.82 bits per heavy atom. The molecule has 2 aromatic rings. The molecule has 7 heteroatoms. The van der Waals surface area contributed by atoms with Gasteiger partial charge in [0.05, 0.1) is 9.92 Å². The number of hydrogen-bond acceptors (Lipinski definition) is 3. The van der Waals surface area contributed by atoms with Gasteiger partial charge in [-0.2, -0.15) is 0 Å². The van der Waals surface area contributed by atoms with Crippen LogP contribution in [0.5, 0.6) is 0 Å². The maximum atomic E-state index is 13.0. The summed E-state index contributed by atoms with van der Waals surface area (Å²) in [7, 11) is -3.29. The van der Waals surface area contributed by atoms with Crippen LogP contribution in [0, 0.1) is 5.82 Å². The number of nitrogens with one attached hydrogen (secondary N) is 1. The van der Waals surface area contributed by atoms with Gasteiger partial charge in [-0.05, 0) is 42.0 Å². The summed E-state index contributed by atoms with van der Waals surface area (Å²) < 4.78 is 35.7. The molecule has 0 spiro atoms. The predicted molar refractivity (Wildman–Crippen MR) is 82.1 cm³/mol. The van der Waals surface area contributed by atoms with E-state index in [4.69, 9.17) is 11.6 Å². The van der Waals surface area contributed by atoms with Crippen LogP contribution in [-0.2, 0) is 16.4 Å². The number of benzene rings is 2. The highest BCUT2D eigenvalue weighted by atomic mass is 35.5. The van der Waals surface area contributed by atoms with E-state index >= 15 is 0 Å². The van der Waals surface area contributed by atoms with Crippen molar-refractivity contribution in [3.05, 3.63) is 64.4 Å². The second kappa shape index (κ2) is 6.46. The van der Waals surface area contributed by atoms with Crippen molar-refractivity contribution < 1.29 is 17.6 Å². The molecule has 0 saturated carbocycles. The monoisotopic (exact) mass is 341 g/mol. The standard InChI is InChI=1S/C15H13ClFNO3S/c1-22(20,21)12-5-3-11(4-6-12)15(19)18-9-10-2-7-14(17)13(16)8-10/h2-8H,9H2,1H3,(H,18,19). The average Bonchev–Trinajstić information content (AvgIpc) is 2.47. The molecule has 0 atom stereocenters. The molecule has 0 aliphatic carbocycles. The molecule has 1 amide bonds. The minimum Gasteiger partial charge on any atom is -0.348 e. The summed E-state index contributed by atoms with van der Waals surface area (Å²) in [6.45, 7) is 0.187. The van der Waals surface area contributed by atoms with Crippen molar-refractivity contribution in [2.45, 2.75) is 11.4 Å². The van der Waals surface area contributed by atoms with E-state index in [2.05, 4.69) is 5.32 Å². The Bertz CT molecular complexity index is 804. The third kappa shape index (κ3) is 4.05. The van der Waals surface area contributed by atoms with Gasteiger partial charge < -0.3 is 5.32 Å². The van der Waals surface area contributed by atoms with E-state index in [-0.39, 0.29) is 22.4 Å². The van der Waals surface area contributed by atoms with Crippen LogP contribution in [0.4, 0.5) is 4.39 Å². The first-order valence-electron chi connectivity index (χ1n) is 6.29. The third-order valence-electron chi connectivity index (χ3n) is 2.98. The zero-order valence-corrected chi connectivity index (χ0v) is 13.2. The molecule has 0 saturated heterocycles. The largest absolute Gasteiger partial charge is 0.348 e. The summed E-state index contributed by atoms with van der Waals surface area (Å²) in [5, 5.41) is 2.64. The molecule has 116 valence electrons. The van der Waals surface area contributed by atoms with Crippen molar-refractivity contribution >= 4 is 27.3 Å². The topological polar surface area (TPSA) is 63.2 Å². The van der Waals surface area contributed by atoms with Crippen LogP contribution in [0.3, 0.4) is 0 Å². The molecule has 2 rings (SSSR count). The molecule has 0 aliphatic rings. The van der Waals surface area contributed by atoms with Gasteiger partial charge in [-0.15, -0.1) is 0 Å². The lowest BCUT2D eigenvalue weighted by atomic mass is 10.2. The van der Waals surface area contributed by atoms with E-state index in [0.29, 0.717) is 11.1 Å². The lowest BCUT2D eigenvalue weighted by Gasteiger charge is -2.07. The smallest absolute Gasteiger partial charge is 0.251 e. The second-order valence-corrected chi connectivity index (χ2v) is 7.15. The molecule has 0 heterocycles. The average molecular weight is 342 g/mol. The molecule has 22 heavy (non-hydrogen) atoms. The normalized spacial score (nSPS) is 11.2. The minimum absolute atomic E-state index is 0.00995. The van der Waals surface area contributed by atoms with Crippen molar-refractivity contribution in [2.24, 2.45) is 0 Å². The number of carbonyl (C=O) groups excluding carboxylic acids is 1. The highest BCUT2D eigenvalue weighted by Gasteiger charge is 2.10. The Labute approximate surface area is 132 Å². The van der Waals surface area contributed by atoms with Crippen molar-refractivity contribution in [3.63, 3.8) is 0 Å². The maximum absolute atomic E-state index is 13.0. The van der Waals surface area contributed by atoms with Crippen LogP contribution in [0.2, 0.25) is 5.02 Å². The van der Waals surface area contributed by atoms with Gasteiger partial charge in [-0.25, -0.2) is 12.8 Å². The van der Waals surface area contributed by atoms with Gasteiger partial charge >= 0.3 is 0 Å². The fourth-order valence-electron chi connectivity index (χ4n) is 1.79. The Hall–Kier alpha value is -1.92. The number of amides is 1. The van der Waals surface area contributed by atoms with Crippen LogP contribution >= 0.6 is 11.6 Å². The third-order valence-corrected chi connectivity index (χ3v) is 4.40. The zero-order chi connectivity index (χ0) is 16.3. The van der Waals surface area contributed by atoms with Gasteiger partial charge in [-0.3, -0.25) is 4.79 Å². The quantitative estimate of drug-likeness (QED) is 0.930. The van der Waals surface area contributed by atoms with E-state index in [9.17, 15) is 17.6 Å². The van der Waals surface area contributed by atoms with Gasteiger partial charge in [0.25, 0.3) is 5.91 Å². The van der Waals surface area contributed by atoms with Crippen LogP contribution in [0.1, 0.15) is 15.9 Å². The van der Waals surface area contributed by atoms with Crippen LogP contribution < -0.4 is 5.32 Å². The number of rotatable bonds is 4. The lowest BCUT2D eigenvalue weighted by Crippen LogP contribution is -2.22. The first kappa shape index (κ1) is 16.5. The van der Waals surface area contributed by atoms with Crippen molar-refractivity contribution in [2.75, 3.05) is 6.26 Å². The number of sulfone groups is 1. The summed E-state index contributed by atoms with van der Waals surface area (Å²) in [4.78, 5) is 12.1. The number of carbonyl (C=O) groups is 1. The van der Waals surface area contributed by atoms with Crippen molar-refractivity contribution in [1.82, 2.24) is 5.32 Å². The molecular formula is C15H13ClFNO3S. The van der Waals surface area contributed by atoms with Crippen molar-refractivity contribution in [3.8, 4) is 0 Å². The minimum atomic E-state index is -3.29. The predicted octanol–water partition coefficient (Wildman–Crippen LogP) is 2.81. The van der Waals surface area contributed by atoms with Crippen LogP contribution in [-0.4, -0.2) is 20.6 Å². The first-order chi connectivity index (χ1) is 10.3. The molecule has 0 radical (unpaired) electrons. The summed E-state index contributed by atoms with van der Waals surface area (Å²) in [5.74, 6) is -0.881. The highest BCUT2D eigenvalue weighted by Crippen LogP contribution is 2.16. The van der Waals surface area contributed by atoms with Gasteiger partial charge in [0.2, 0.25) is 0 Å². The summed E-state index contributed by atoms with van der Waals surface area (Å²) in [5.41, 5.74) is 0.994. The fraction of sp³-hybridized carbons (Fsp3) is 0.133. The lowest BCUT2D eigenvalue weighted by molar-refractivity contribution is 0.0951. The van der Waals surface area contributed by atoms with E-state index in [1.165, 1.54) is 42.5 Å². The molecule has 4 nitrogen and oxygen atoms in total. The van der Waals surface area contributed by atoms with Gasteiger partial charge in [0.1, 0.15) is 5.82 Å². The summed E-state index contributed by atoms with van der Waals surface area (Å²) in [6.07, 6.45) is 1.10. The Balaban J connectivity index is 2.04. The second-order valence-electron chi connectivity index (χ2n) is 4.73. The number of hydrogen-bond donors (Lipinski definition) is 1. The molecule has 2 aromatic carbocycles. The SMILES string of the molecule is CS(=O)(=O)c1ccc(C(=O)NCc2ccc(F)c(Cl)c2)cc1. The van der Waals surface area contributed by atoms with Gasteiger partial charge in [0.15, 0.2) is 9.84 Å².